The summed E-state index contributed by atoms with van der Waals surface area (Å²) in [4.78, 5) is 8.82. The molecule has 86 valence electrons. The van der Waals surface area contributed by atoms with Gasteiger partial charge in [-0.25, -0.2) is 9.97 Å². The number of hydrogen-bond acceptors (Lipinski definition) is 4. The number of aryl methyl sites for hydroxylation is 1. The van der Waals surface area contributed by atoms with Crippen LogP contribution in [-0.2, 0) is 6.42 Å². The zero-order valence-electron chi connectivity index (χ0n) is 9.30. The lowest BCUT2D eigenvalue weighted by atomic mass is 10.2. The van der Waals surface area contributed by atoms with E-state index in [4.69, 9.17) is 5.73 Å². The van der Waals surface area contributed by atoms with E-state index in [0.717, 1.165) is 29.7 Å². The molecule has 0 spiro atoms. The highest BCUT2D eigenvalue weighted by molar-refractivity contribution is 5.57. The minimum atomic E-state index is 0.0176. The summed E-state index contributed by atoms with van der Waals surface area (Å²) in [5, 5.41) is 9.44. The lowest BCUT2D eigenvalue weighted by Gasteiger charge is -2.06. The van der Waals surface area contributed by atoms with Crippen molar-refractivity contribution in [2.24, 2.45) is 5.73 Å². The van der Waals surface area contributed by atoms with Crippen molar-refractivity contribution < 1.29 is 5.11 Å². The van der Waals surface area contributed by atoms with Gasteiger partial charge in [-0.05, 0) is 30.5 Å². The zero-order valence-corrected chi connectivity index (χ0v) is 9.30. The van der Waals surface area contributed by atoms with Crippen LogP contribution in [0.4, 0.5) is 0 Å². The Labute approximate surface area is 99.2 Å². The van der Waals surface area contributed by atoms with Crippen LogP contribution in [0.5, 0.6) is 5.75 Å². The summed E-state index contributed by atoms with van der Waals surface area (Å²) in [5.74, 6) is 0.841. The van der Waals surface area contributed by atoms with Crippen LogP contribution in [0.25, 0.3) is 11.4 Å². The standard InChI is InChI=1S/C13H13N3O/c14-11-5-4-9-7-15-13(16-12(9)11)8-2-1-3-10(17)6-8/h1-3,6-7,11,17H,4-5,14H2. The fourth-order valence-electron chi connectivity index (χ4n) is 2.17. The maximum Gasteiger partial charge on any atom is 0.159 e. The van der Waals surface area contributed by atoms with Crippen molar-refractivity contribution in [2.75, 3.05) is 0 Å². The predicted molar refractivity (Wildman–Crippen MR) is 64.4 cm³/mol. The van der Waals surface area contributed by atoms with Crippen LogP contribution in [0.1, 0.15) is 23.7 Å². The minimum absolute atomic E-state index is 0.0176. The molecule has 4 heteroatoms. The number of nitrogens with zero attached hydrogens (tertiary/aromatic N) is 2. The second-order valence-corrected chi connectivity index (χ2v) is 4.30. The van der Waals surface area contributed by atoms with Crippen LogP contribution < -0.4 is 5.73 Å². The molecule has 0 bridgehead atoms. The van der Waals surface area contributed by atoms with Crippen LogP contribution in [-0.4, -0.2) is 15.1 Å². The first kappa shape index (κ1) is 10.2. The molecule has 0 fully saturated rings. The number of hydrogen-bond donors (Lipinski definition) is 2. The van der Waals surface area contributed by atoms with Gasteiger partial charge in [-0.2, -0.15) is 0 Å². The Bertz CT molecular complexity index is 568. The van der Waals surface area contributed by atoms with Gasteiger partial charge in [0, 0.05) is 17.8 Å². The monoisotopic (exact) mass is 227 g/mol. The normalized spacial score (nSPS) is 18.1. The third-order valence-electron chi connectivity index (χ3n) is 3.08. The molecule has 0 amide bonds. The minimum Gasteiger partial charge on any atom is -0.508 e. The van der Waals surface area contributed by atoms with E-state index in [2.05, 4.69) is 9.97 Å². The number of aromatic hydroxyl groups is 1. The molecule has 0 saturated heterocycles. The average molecular weight is 227 g/mol. The fraction of sp³-hybridized carbons (Fsp3) is 0.231. The molecule has 1 unspecified atom stereocenters. The molecular formula is C13H13N3O. The van der Waals surface area contributed by atoms with Gasteiger partial charge in [-0.15, -0.1) is 0 Å². The highest BCUT2D eigenvalue weighted by atomic mass is 16.3. The smallest absolute Gasteiger partial charge is 0.159 e. The van der Waals surface area contributed by atoms with E-state index in [-0.39, 0.29) is 11.8 Å². The third-order valence-corrected chi connectivity index (χ3v) is 3.08. The van der Waals surface area contributed by atoms with E-state index in [0.29, 0.717) is 5.82 Å². The van der Waals surface area contributed by atoms with Crippen molar-refractivity contribution in [1.29, 1.82) is 0 Å². The molecule has 3 rings (SSSR count). The first-order valence-corrected chi connectivity index (χ1v) is 5.65. The van der Waals surface area contributed by atoms with E-state index in [1.54, 1.807) is 18.2 Å². The van der Waals surface area contributed by atoms with E-state index >= 15 is 0 Å². The first-order valence-electron chi connectivity index (χ1n) is 5.65. The van der Waals surface area contributed by atoms with Crippen LogP contribution in [0, 0.1) is 0 Å². The highest BCUT2D eigenvalue weighted by Gasteiger charge is 2.21. The van der Waals surface area contributed by atoms with E-state index < -0.39 is 0 Å². The molecule has 4 nitrogen and oxygen atoms in total. The molecule has 0 aliphatic heterocycles. The Morgan fingerprint density at radius 2 is 2.24 bits per heavy atom. The van der Waals surface area contributed by atoms with Crippen LogP contribution in [0.15, 0.2) is 30.5 Å². The largest absolute Gasteiger partial charge is 0.508 e. The SMILES string of the molecule is NC1CCc2cnc(-c3cccc(O)c3)nc21. The zero-order chi connectivity index (χ0) is 11.8. The van der Waals surface area contributed by atoms with Crippen molar-refractivity contribution >= 4 is 0 Å². The lowest BCUT2D eigenvalue weighted by molar-refractivity contribution is 0.475. The number of fused-ring (bicyclic) bond motifs is 1. The van der Waals surface area contributed by atoms with Crippen molar-refractivity contribution in [3.05, 3.63) is 41.7 Å². The molecule has 1 atom stereocenters. The maximum absolute atomic E-state index is 9.44. The molecule has 1 aromatic heterocycles. The van der Waals surface area contributed by atoms with E-state index in [1.807, 2.05) is 12.3 Å². The molecule has 17 heavy (non-hydrogen) atoms. The molecule has 1 heterocycles. The molecule has 0 radical (unpaired) electrons. The summed E-state index contributed by atoms with van der Waals surface area (Å²) in [6.45, 7) is 0. The van der Waals surface area contributed by atoms with Gasteiger partial charge < -0.3 is 10.8 Å². The number of benzene rings is 1. The third kappa shape index (κ3) is 1.76. The number of nitrogens with two attached hydrogens (primary N) is 1. The summed E-state index contributed by atoms with van der Waals surface area (Å²) < 4.78 is 0. The van der Waals surface area contributed by atoms with Gasteiger partial charge in [-0.1, -0.05) is 12.1 Å². The molecule has 0 saturated carbocycles. The fourth-order valence-corrected chi connectivity index (χ4v) is 2.17. The second kappa shape index (κ2) is 3.82. The Kier molecular flexibility index (Phi) is 2.30. The highest BCUT2D eigenvalue weighted by Crippen LogP contribution is 2.29. The van der Waals surface area contributed by atoms with Crippen LogP contribution in [0.3, 0.4) is 0 Å². The second-order valence-electron chi connectivity index (χ2n) is 4.30. The quantitative estimate of drug-likeness (QED) is 0.779. The van der Waals surface area contributed by atoms with Gasteiger partial charge in [0.25, 0.3) is 0 Å². The average Bonchev–Trinajstić information content (AvgIpc) is 2.71. The molecule has 3 N–H and O–H groups in total. The molecule has 1 aromatic carbocycles. The topological polar surface area (TPSA) is 72.0 Å². The number of aromatic nitrogens is 2. The van der Waals surface area contributed by atoms with Gasteiger partial charge >= 0.3 is 0 Å². The molecule has 1 aliphatic rings. The number of phenolic OH excluding ortho intramolecular Hbond substituents is 1. The van der Waals surface area contributed by atoms with Crippen molar-refractivity contribution in [3.63, 3.8) is 0 Å². The predicted octanol–water partition coefficient (Wildman–Crippen LogP) is 1.80. The Morgan fingerprint density at radius 3 is 3.06 bits per heavy atom. The van der Waals surface area contributed by atoms with Crippen molar-refractivity contribution in [3.8, 4) is 17.1 Å². The molecule has 1 aliphatic carbocycles. The number of rotatable bonds is 1. The van der Waals surface area contributed by atoms with Crippen molar-refractivity contribution in [1.82, 2.24) is 9.97 Å². The van der Waals surface area contributed by atoms with E-state index in [9.17, 15) is 5.11 Å². The van der Waals surface area contributed by atoms with Gasteiger partial charge in [0.05, 0.1) is 5.69 Å². The molecule has 2 aromatic rings. The van der Waals surface area contributed by atoms with Crippen molar-refractivity contribution in [2.45, 2.75) is 18.9 Å². The Morgan fingerprint density at radius 1 is 1.35 bits per heavy atom. The van der Waals surface area contributed by atoms with Crippen LogP contribution in [0.2, 0.25) is 0 Å². The Balaban J connectivity index is 2.08. The van der Waals surface area contributed by atoms with E-state index in [1.165, 1.54) is 0 Å². The first-order chi connectivity index (χ1) is 8.24. The summed E-state index contributed by atoms with van der Waals surface area (Å²) in [6, 6.07) is 6.96. The maximum atomic E-state index is 9.44. The van der Waals surface area contributed by atoms with Gasteiger partial charge in [0.2, 0.25) is 0 Å². The number of phenols is 1. The molecular weight excluding hydrogens is 214 g/mol. The summed E-state index contributed by atoms with van der Waals surface area (Å²) in [5.41, 5.74) is 8.88. The lowest BCUT2D eigenvalue weighted by Crippen LogP contribution is -2.08. The summed E-state index contributed by atoms with van der Waals surface area (Å²) in [7, 11) is 0. The summed E-state index contributed by atoms with van der Waals surface area (Å²) in [6.07, 6.45) is 3.74. The Hall–Kier alpha value is -1.94. The van der Waals surface area contributed by atoms with Crippen LogP contribution >= 0.6 is 0 Å². The van der Waals surface area contributed by atoms with Gasteiger partial charge in [0.15, 0.2) is 5.82 Å². The van der Waals surface area contributed by atoms with Gasteiger partial charge in [-0.3, -0.25) is 0 Å². The van der Waals surface area contributed by atoms with Gasteiger partial charge in [0.1, 0.15) is 5.75 Å². The summed E-state index contributed by atoms with van der Waals surface area (Å²) >= 11 is 0.